The quantitative estimate of drug-likeness (QED) is 0.609. The fourth-order valence-corrected chi connectivity index (χ4v) is 3.28. The van der Waals surface area contributed by atoms with Crippen molar-refractivity contribution in [2.24, 2.45) is 11.0 Å². The molecule has 27 heavy (non-hydrogen) atoms. The summed E-state index contributed by atoms with van der Waals surface area (Å²) in [5.41, 5.74) is 4.82. The van der Waals surface area contributed by atoms with E-state index in [1.165, 1.54) is 5.56 Å². The van der Waals surface area contributed by atoms with Gasteiger partial charge in [-0.25, -0.2) is 5.43 Å². The van der Waals surface area contributed by atoms with Crippen LogP contribution in [0.25, 0.3) is 0 Å². The molecule has 1 heterocycles. The minimum atomic E-state index is -0.00842. The molecular weight excluding hydrogens is 362 g/mol. The number of methoxy groups -OCH3 is 1. The monoisotopic (exact) mass is 385 g/mol. The van der Waals surface area contributed by atoms with Gasteiger partial charge in [0, 0.05) is 17.5 Å². The number of amides is 1. The van der Waals surface area contributed by atoms with Gasteiger partial charge in [0.2, 0.25) is 5.91 Å². The normalized spacial score (nSPS) is 15.8. The lowest BCUT2D eigenvalue weighted by atomic mass is 9.96. The maximum absolute atomic E-state index is 12.3. The van der Waals surface area contributed by atoms with Gasteiger partial charge >= 0.3 is 0 Å². The summed E-state index contributed by atoms with van der Waals surface area (Å²) in [5.74, 6) is 0.798. The van der Waals surface area contributed by atoms with E-state index < -0.39 is 0 Å². The van der Waals surface area contributed by atoms with E-state index in [0.29, 0.717) is 0 Å². The Hall–Kier alpha value is -2.37. The average Bonchev–Trinajstić information content (AvgIpc) is 2.71. The first-order chi connectivity index (χ1) is 13.1. The average molecular weight is 386 g/mol. The second-order valence-electron chi connectivity index (χ2n) is 6.68. The van der Waals surface area contributed by atoms with Gasteiger partial charge in [0.15, 0.2) is 0 Å². The molecule has 0 saturated carbocycles. The maximum Gasteiger partial charge on any atom is 0.243 e. The van der Waals surface area contributed by atoms with Gasteiger partial charge in [-0.3, -0.25) is 9.69 Å². The minimum Gasteiger partial charge on any atom is -0.497 e. The molecule has 1 amide bonds. The van der Waals surface area contributed by atoms with Crippen molar-refractivity contribution in [3.8, 4) is 5.75 Å². The maximum atomic E-state index is 12.3. The zero-order chi connectivity index (χ0) is 19.1. The molecule has 0 spiro atoms. The minimum absolute atomic E-state index is 0.00842. The highest BCUT2D eigenvalue weighted by atomic mass is 35.5. The Balaban J connectivity index is 1.42. The lowest BCUT2D eigenvalue weighted by Gasteiger charge is -2.30. The van der Waals surface area contributed by atoms with Crippen molar-refractivity contribution in [2.75, 3.05) is 20.2 Å². The zero-order valence-corrected chi connectivity index (χ0v) is 16.2. The Morgan fingerprint density at radius 1 is 1.19 bits per heavy atom. The highest BCUT2D eigenvalue weighted by Gasteiger charge is 2.24. The number of nitrogens with zero attached hydrogens (tertiary/aromatic N) is 2. The lowest BCUT2D eigenvalue weighted by molar-refractivity contribution is -0.126. The smallest absolute Gasteiger partial charge is 0.243 e. The van der Waals surface area contributed by atoms with Gasteiger partial charge in [0.1, 0.15) is 5.75 Å². The lowest BCUT2D eigenvalue weighted by Crippen LogP contribution is -2.39. The summed E-state index contributed by atoms with van der Waals surface area (Å²) in [4.78, 5) is 14.7. The van der Waals surface area contributed by atoms with E-state index in [1.54, 1.807) is 13.3 Å². The van der Waals surface area contributed by atoms with Gasteiger partial charge in [-0.15, -0.1) is 0 Å². The summed E-state index contributed by atoms with van der Waals surface area (Å²) >= 11 is 5.93. The predicted octanol–water partition coefficient (Wildman–Crippen LogP) is 3.71. The molecule has 1 fully saturated rings. The molecule has 0 aliphatic carbocycles. The van der Waals surface area contributed by atoms with Crippen LogP contribution in [0.15, 0.2) is 53.6 Å². The van der Waals surface area contributed by atoms with Crippen molar-refractivity contribution >= 4 is 23.7 Å². The van der Waals surface area contributed by atoms with E-state index >= 15 is 0 Å². The van der Waals surface area contributed by atoms with Crippen molar-refractivity contribution in [2.45, 2.75) is 19.4 Å². The van der Waals surface area contributed by atoms with Crippen molar-refractivity contribution in [1.29, 1.82) is 0 Å². The Morgan fingerprint density at radius 3 is 2.48 bits per heavy atom. The first kappa shape index (κ1) is 19.4. The molecule has 2 aromatic carbocycles. The van der Waals surface area contributed by atoms with E-state index in [2.05, 4.69) is 27.6 Å². The fourth-order valence-electron chi connectivity index (χ4n) is 3.15. The number of likely N-dealkylation sites (tertiary alicyclic amines) is 1. The van der Waals surface area contributed by atoms with Crippen molar-refractivity contribution in [3.05, 3.63) is 64.7 Å². The number of benzene rings is 2. The van der Waals surface area contributed by atoms with Crippen molar-refractivity contribution in [3.63, 3.8) is 0 Å². The molecule has 0 bridgehead atoms. The molecule has 0 aromatic heterocycles. The molecule has 2 aromatic rings. The summed E-state index contributed by atoms with van der Waals surface area (Å²) in [6.45, 7) is 2.70. The number of hydrogen-bond donors (Lipinski definition) is 1. The third-order valence-corrected chi connectivity index (χ3v) is 5.03. The Kier molecular flexibility index (Phi) is 6.85. The van der Waals surface area contributed by atoms with Gasteiger partial charge in [0.05, 0.1) is 13.3 Å². The second kappa shape index (κ2) is 9.53. The highest BCUT2D eigenvalue weighted by molar-refractivity contribution is 6.30. The number of carbonyl (C=O) groups excluding carboxylic acids is 1. The number of hydrazone groups is 1. The number of hydrogen-bond acceptors (Lipinski definition) is 4. The molecule has 142 valence electrons. The number of nitrogens with one attached hydrogen (secondary N) is 1. The van der Waals surface area contributed by atoms with Gasteiger partial charge in [0.25, 0.3) is 0 Å². The third kappa shape index (κ3) is 5.81. The van der Waals surface area contributed by atoms with Crippen molar-refractivity contribution in [1.82, 2.24) is 10.3 Å². The number of piperidine rings is 1. The first-order valence-corrected chi connectivity index (χ1v) is 9.45. The Bertz CT molecular complexity index is 767. The molecule has 3 rings (SSSR count). The second-order valence-corrected chi connectivity index (χ2v) is 7.12. The van der Waals surface area contributed by atoms with E-state index in [9.17, 15) is 4.79 Å². The molecule has 0 unspecified atom stereocenters. The highest BCUT2D eigenvalue weighted by Crippen LogP contribution is 2.20. The largest absolute Gasteiger partial charge is 0.497 e. The van der Waals surface area contributed by atoms with Crippen LogP contribution >= 0.6 is 11.6 Å². The molecule has 0 atom stereocenters. The fraction of sp³-hybridized carbons (Fsp3) is 0.333. The number of carbonyl (C=O) groups is 1. The third-order valence-electron chi connectivity index (χ3n) is 4.78. The molecule has 1 N–H and O–H groups in total. The van der Waals surface area contributed by atoms with Crippen molar-refractivity contribution < 1.29 is 9.53 Å². The van der Waals surface area contributed by atoms with Crippen LogP contribution in [0, 0.1) is 5.92 Å². The van der Waals surface area contributed by atoms with E-state index in [-0.39, 0.29) is 11.8 Å². The number of rotatable bonds is 6. The molecule has 1 aliphatic rings. The number of ether oxygens (including phenoxy) is 1. The van der Waals surface area contributed by atoms with Gasteiger partial charge < -0.3 is 4.74 Å². The Morgan fingerprint density at radius 2 is 1.85 bits per heavy atom. The zero-order valence-electron chi connectivity index (χ0n) is 15.4. The van der Waals surface area contributed by atoms with E-state index in [0.717, 1.165) is 48.8 Å². The van der Waals surface area contributed by atoms with Crippen LogP contribution < -0.4 is 10.2 Å². The van der Waals surface area contributed by atoms with Gasteiger partial charge in [-0.2, -0.15) is 5.10 Å². The molecular formula is C21H24ClN3O2. The standard InChI is InChI=1S/C21H24ClN3O2/c1-27-20-8-4-16(5-9-20)14-23-24-21(26)18-10-12-25(13-11-18)15-17-2-6-19(22)7-3-17/h2-9,14,18H,10-13,15H2,1H3,(H,24,26)/b23-14-. The summed E-state index contributed by atoms with van der Waals surface area (Å²) in [7, 11) is 1.63. The molecule has 1 saturated heterocycles. The van der Waals surface area contributed by atoms with Crippen LogP contribution in [0.4, 0.5) is 0 Å². The summed E-state index contributed by atoms with van der Waals surface area (Å²) in [6, 6.07) is 15.4. The van der Waals surface area contributed by atoms with Crippen LogP contribution in [0.1, 0.15) is 24.0 Å². The summed E-state index contributed by atoms with van der Waals surface area (Å²) in [6.07, 6.45) is 3.34. The molecule has 6 heteroatoms. The molecule has 1 aliphatic heterocycles. The van der Waals surface area contributed by atoms with E-state index in [4.69, 9.17) is 16.3 Å². The topological polar surface area (TPSA) is 53.9 Å². The summed E-state index contributed by atoms with van der Waals surface area (Å²) in [5, 5.41) is 4.83. The first-order valence-electron chi connectivity index (χ1n) is 9.08. The van der Waals surface area contributed by atoms with Crippen LogP contribution in [-0.2, 0) is 11.3 Å². The summed E-state index contributed by atoms with van der Waals surface area (Å²) < 4.78 is 5.12. The predicted molar refractivity (Wildman–Crippen MR) is 108 cm³/mol. The van der Waals surface area contributed by atoms with Crippen LogP contribution in [0.2, 0.25) is 5.02 Å². The van der Waals surface area contributed by atoms with Crippen LogP contribution in [-0.4, -0.2) is 37.2 Å². The van der Waals surface area contributed by atoms with E-state index in [1.807, 2.05) is 36.4 Å². The van der Waals surface area contributed by atoms with Crippen LogP contribution in [0.5, 0.6) is 5.75 Å². The van der Waals surface area contributed by atoms with Gasteiger partial charge in [-0.05, 0) is 73.5 Å². The number of halogens is 1. The molecule has 0 radical (unpaired) electrons. The van der Waals surface area contributed by atoms with Gasteiger partial charge in [-0.1, -0.05) is 23.7 Å². The van der Waals surface area contributed by atoms with Crippen LogP contribution in [0.3, 0.4) is 0 Å². The molecule has 5 nitrogen and oxygen atoms in total. The Labute approximate surface area is 165 Å². The SMILES string of the molecule is COc1ccc(/C=N\NC(=O)C2CCN(Cc3ccc(Cl)cc3)CC2)cc1.